The van der Waals surface area contributed by atoms with Gasteiger partial charge in [-0.2, -0.15) is 13.2 Å². The van der Waals surface area contributed by atoms with Crippen molar-refractivity contribution in [3.8, 4) is 16.9 Å². The molecule has 0 atom stereocenters. The number of hydrogen-bond acceptors (Lipinski definition) is 1. The first kappa shape index (κ1) is 13.3. The van der Waals surface area contributed by atoms with Crippen LogP contribution in [0.15, 0.2) is 24.3 Å². The Morgan fingerprint density at radius 2 is 1.85 bits per heavy atom. The molecule has 0 saturated heterocycles. The molecule has 0 bridgehead atoms. The fraction of sp³-hybridized carbons (Fsp3) is 0.200. The Bertz CT molecular complexity index is 720. The van der Waals surface area contributed by atoms with Crippen molar-refractivity contribution in [2.75, 3.05) is 0 Å². The van der Waals surface area contributed by atoms with E-state index in [1.807, 2.05) is 12.1 Å². The standard InChI is InChI=1S/C15H10ClF3O/c1-7-12(15(17,18)19)13(16)11-9-5-3-2-4-8(9)6-10(11)14(7)20/h2-5,20H,6H2,1H3. The lowest BCUT2D eigenvalue weighted by molar-refractivity contribution is -0.138. The van der Waals surface area contributed by atoms with Crippen LogP contribution in [0.1, 0.15) is 22.3 Å². The van der Waals surface area contributed by atoms with Gasteiger partial charge in [-0.25, -0.2) is 0 Å². The van der Waals surface area contributed by atoms with Gasteiger partial charge in [-0.3, -0.25) is 0 Å². The van der Waals surface area contributed by atoms with Gasteiger partial charge in [0.1, 0.15) is 5.75 Å². The minimum Gasteiger partial charge on any atom is -0.507 e. The Labute approximate surface area is 118 Å². The highest BCUT2D eigenvalue weighted by Gasteiger charge is 2.40. The van der Waals surface area contributed by atoms with Gasteiger partial charge in [-0.1, -0.05) is 35.9 Å². The van der Waals surface area contributed by atoms with Crippen molar-refractivity contribution in [3.05, 3.63) is 51.5 Å². The predicted octanol–water partition coefficient (Wildman–Crippen LogP) is 4.94. The largest absolute Gasteiger partial charge is 0.507 e. The molecule has 0 amide bonds. The van der Waals surface area contributed by atoms with Crippen molar-refractivity contribution in [1.82, 2.24) is 0 Å². The first-order valence-electron chi connectivity index (χ1n) is 6.01. The van der Waals surface area contributed by atoms with Crippen LogP contribution in [0, 0.1) is 6.92 Å². The molecular weight excluding hydrogens is 289 g/mol. The highest BCUT2D eigenvalue weighted by Crippen LogP contribution is 2.51. The predicted molar refractivity (Wildman–Crippen MR) is 71.1 cm³/mol. The second kappa shape index (κ2) is 4.16. The number of alkyl halides is 3. The lowest BCUT2D eigenvalue weighted by Gasteiger charge is -2.18. The molecule has 5 heteroatoms. The van der Waals surface area contributed by atoms with Crippen molar-refractivity contribution in [2.45, 2.75) is 19.5 Å². The zero-order valence-electron chi connectivity index (χ0n) is 10.5. The smallest absolute Gasteiger partial charge is 0.418 e. The number of rotatable bonds is 0. The molecule has 104 valence electrons. The number of hydrogen-bond donors (Lipinski definition) is 1. The Balaban J connectivity index is 2.40. The van der Waals surface area contributed by atoms with Gasteiger partial charge < -0.3 is 5.11 Å². The summed E-state index contributed by atoms with van der Waals surface area (Å²) in [5.74, 6) is -0.312. The molecule has 0 heterocycles. The third-order valence-corrected chi connectivity index (χ3v) is 4.07. The van der Waals surface area contributed by atoms with Crippen LogP contribution in [0.5, 0.6) is 5.75 Å². The van der Waals surface area contributed by atoms with Gasteiger partial charge in [0, 0.05) is 23.1 Å². The van der Waals surface area contributed by atoms with E-state index in [1.54, 1.807) is 12.1 Å². The van der Waals surface area contributed by atoms with Crippen LogP contribution >= 0.6 is 11.6 Å². The Morgan fingerprint density at radius 1 is 1.20 bits per heavy atom. The molecule has 0 unspecified atom stereocenters. The highest BCUT2D eigenvalue weighted by molar-refractivity contribution is 6.35. The lowest BCUT2D eigenvalue weighted by atomic mass is 9.97. The van der Waals surface area contributed by atoms with E-state index in [0.29, 0.717) is 23.1 Å². The van der Waals surface area contributed by atoms with Gasteiger partial charge in [-0.05, 0) is 18.1 Å². The van der Waals surface area contributed by atoms with Gasteiger partial charge in [0.15, 0.2) is 0 Å². The number of halogens is 4. The van der Waals surface area contributed by atoms with E-state index in [9.17, 15) is 18.3 Å². The zero-order chi connectivity index (χ0) is 14.7. The first-order valence-corrected chi connectivity index (χ1v) is 6.39. The first-order chi connectivity index (χ1) is 9.32. The van der Waals surface area contributed by atoms with Crippen LogP contribution in [0.2, 0.25) is 5.02 Å². The van der Waals surface area contributed by atoms with Gasteiger partial charge in [-0.15, -0.1) is 0 Å². The van der Waals surface area contributed by atoms with Crippen LogP contribution in [0.3, 0.4) is 0 Å². The SMILES string of the molecule is Cc1c(O)c2c(c(Cl)c1C(F)(F)F)-c1ccccc1C2. The average Bonchev–Trinajstić information content (AvgIpc) is 2.74. The van der Waals surface area contributed by atoms with Crippen molar-refractivity contribution in [3.63, 3.8) is 0 Å². The minimum atomic E-state index is -4.59. The molecule has 0 fully saturated rings. The minimum absolute atomic E-state index is 0.214. The van der Waals surface area contributed by atoms with E-state index >= 15 is 0 Å². The molecule has 2 aromatic rings. The van der Waals surface area contributed by atoms with Gasteiger partial charge in [0.25, 0.3) is 0 Å². The van der Waals surface area contributed by atoms with E-state index < -0.39 is 11.7 Å². The van der Waals surface area contributed by atoms with Crippen molar-refractivity contribution in [2.24, 2.45) is 0 Å². The monoisotopic (exact) mass is 298 g/mol. The quantitative estimate of drug-likeness (QED) is 0.623. The molecule has 3 rings (SSSR count). The molecule has 1 nitrogen and oxygen atoms in total. The van der Waals surface area contributed by atoms with Crippen LogP contribution < -0.4 is 0 Å². The molecule has 1 N–H and O–H groups in total. The Morgan fingerprint density at radius 3 is 2.50 bits per heavy atom. The van der Waals surface area contributed by atoms with Crippen LogP contribution in [-0.4, -0.2) is 5.11 Å². The molecule has 0 aliphatic heterocycles. The van der Waals surface area contributed by atoms with Gasteiger partial charge >= 0.3 is 6.18 Å². The van der Waals surface area contributed by atoms with E-state index in [4.69, 9.17) is 11.6 Å². The second-order valence-corrected chi connectivity index (χ2v) is 5.23. The van der Waals surface area contributed by atoms with Crippen LogP contribution in [0.4, 0.5) is 13.2 Å². The molecule has 0 radical (unpaired) electrons. The molecule has 1 aliphatic carbocycles. The average molecular weight is 299 g/mol. The van der Waals surface area contributed by atoms with Crippen LogP contribution in [0.25, 0.3) is 11.1 Å². The van der Waals surface area contributed by atoms with Crippen molar-refractivity contribution < 1.29 is 18.3 Å². The maximum absolute atomic E-state index is 13.1. The third kappa shape index (κ3) is 1.71. The Hall–Kier alpha value is -1.68. The van der Waals surface area contributed by atoms with Crippen LogP contribution in [-0.2, 0) is 12.6 Å². The Kier molecular flexibility index (Phi) is 2.77. The number of benzene rings is 2. The molecule has 0 saturated carbocycles. The topological polar surface area (TPSA) is 20.2 Å². The van der Waals surface area contributed by atoms with E-state index in [-0.39, 0.29) is 16.3 Å². The summed E-state index contributed by atoms with van der Waals surface area (Å²) < 4.78 is 39.4. The number of phenols is 1. The summed E-state index contributed by atoms with van der Waals surface area (Å²) in [6.45, 7) is 1.24. The summed E-state index contributed by atoms with van der Waals surface area (Å²) in [5, 5.41) is 9.77. The summed E-state index contributed by atoms with van der Waals surface area (Å²) in [7, 11) is 0. The summed E-state index contributed by atoms with van der Waals surface area (Å²) >= 11 is 6.01. The molecule has 1 aliphatic rings. The van der Waals surface area contributed by atoms with Gasteiger partial charge in [0.2, 0.25) is 0 Å². The maximum Gasteiger partial charge on any atom is 0.418 e. The molecule has 20 heavy (non-hydrogen) atoms. The maximum atomic E-state index is 13.1. The molecule has 2 aromatic carbocycles. The molecular formula is C15H10ClF3O. The fourth-order valence-electron chi connectivity index (χ4n) is 2.78. The lowest BCUT2D eigenvalue weighted by Crippen LogP contribution is -2.10. The summed E-state index contributed by atoms with van der Waals surface area (Å²) in [5.41, 5.74) is 1.15. The van der Waals surface area contributed by atoms with E-state index in [2.05, 4.69) is 0 Å². The zero-order valence-corrected chi connectivity index (χ0v) is 11.2. The molecule has 0 aromatic heterocycles. The third-order valence-electron chi connectivity index (χ3n) is 3.69. The molecule has 0 spiro atoms. The second-order valence-electron chi connectivity index (χ2n) is 4.85. The highest BCUT2D eigenvalue weighted by atomic mass is 35.5. The number of aromatic hydroxyl groups is 1. The van der Waals surface area contributed by atoms with Crippen molar-refractivity contribution >= 4 is 11.6 Å². The fourth-order valence-corrected chi connectivity index (χ4v) is 3.25. The van der Waals surface area contributed by atoms with Crippen molar-refractivity contribution in [1.29, 1.82) is 0 Å². The normalized spacial score (nSPS) is 13.2. The number of phenolic OH excluding ortho intramolecular Hbond substituents is 1. The van der Waals surface area contributed by atoms with E-state index in [1.165, 1.54) is 6.92 Å². The summed E-state index contributed by atoms with van der Waals surface area (Å²) in [4.78, 5) is 0. The summed E-state index contributed by atoms with van der Waals surface area (Å²) in [6, 6.07) is 7.11. The summed E-state index contributed by atoms with van der Waals surface area (Å²) in [6.07, 6.45) is -4.19. The van der Waals surface area contributed by atoms with E-state index in [0.717, 1.165) is 5.56 Å². The number of fused-ring (bicyclic) bond motifs is 3. The van der Waals surface area contributed by atoms with Gasteiger partial charge in [0.05, 0.1) is 10.6 Å².